The van der Waals surface area contributed by atoms with E-state index in [1.165, 1.54) is 4.57 Å². The Labute approximate surface area is 258 Å². The van der Waals surface area contributed by atoms with Gasteiger partial charge in [0.15, 0.2) is 0 Å². The fourth-order valence-corrected chi connectivity index (χ4v) is 6.72. The van der Waals surface area contributed by atoms with E-state index in [-0.39, 0.29) is 36.1 Å². The highest BCUT2D eigenvalue weighted by atomic mass is 16.6. The maximum absolute atomic E-state index is 13.0. The topological polar surface area (TPSA) is 135 Å². The summed E-state index contributed by atoms with van der Waals surface area (Å²) in [5.41, 5.74) is 1.76. The predicted octanol–water partition coefficient (Wildman–Crippen LogP) is 2.48. The number of benzene rings is 1. The lowest BCUT2D eigenvalue weighted by Crippen LogP contribution is -2.52. The number of carbonyl (C=O) groups excluding carboxylic acids is 4. The Morgan fingerprint density at radius 2 is 1.77 bits per heavy atom. The molecule has 2 saturated heterocycles. The van der Waals surface area contributed by atoms with Gasteiger partial charge in [-0.25, -0.2) is 9.59 Å². The molecule has 1 aliphatic carbocycles. The predicted molar refractivity (Wildman–Crippen MR) is 165 cm³/mol. The third-order valence-electron chi connectivity index (χ3n) is 9.06. The van der Waals surface area contributed by atoms with Gasteiger partial charge in [-0.1, -0.05) is 6.07 Å². The number of rotatable bonds is 8. The van der Waals surface area contributed by atoms with E-state index in [9.17, 15) is 24.0 Å². The number of hydrogen-bond acceptors (Lipinski definition) is 7. The lowest BCUT2D eigenvalue weighted by atomic mass is 9.85. The fourth-order valence-electron chi connectivity index (χ4n) is 6.72. The summed E-state index contributed by atoms with van der Waals surface area (Å²) in [5, 5.41) is 5.33. The van der Waals surface area contributed by atoms with E-state index in [1.54, 1.807) is 11.6 Å². The number of carbonyl (C=O) groups is 4. The molecule has 4 amide bonds. The first-order valence-corrected chi connectivity index (χ1v) is 15.9. The average Bonchev–Trinajstić information content (AvgIpc) is 3.19. The lowest BCUT2D eigenvalue weighted by Gasteiger charge is -2.38. The quantitative estimate of drug-likeness (QED) is 0.439. The number of nitrogens with one attached hydrogen (secondary N) is 2. The number of alkyl carbamates (subject to hydrolysis) is 1. The Balaban J connectivity index is 1.06. The van der Waals surface area contributed by atoms with Crippen LogP contribution in [0.5, 0.6) is 0 Å². The normalized spacial score (nSPS) is 23.6. The maximum atomic E-state index is 13.0. The van der Waals surface area contributed by atoms with Crippen LogP contribution < -0.4 is 16.3 Å². The molecule has 12 heteroatoms. The first-order chi connectivity index (χ1) is 20.9. The number of amides is 4. The Bertz CT molecular complexity index is 1460. The average molecular weight is 611 g/mol. The summed E-state index contributed by atoms with van der Waals surface area (Å²) in [6, 6.07) is 5.32. The molecule has 3 fully saturated rings. The molecule has 3 heterocycles. The number of nitrogens with zero attached hydrogens (tertiary/aromatic N) is 4. The lowest BCUT2D eigenvalue weighted by molar-refractivity contribution is -0.137. The Morgan fingerprint density at radius 1 is 1.02 bits per heavy atom. The summed E-state index contributed by atoms with van der Waals surface area (Å²) in [6.45, 7) is 9.19. The highest BCUT2D eigenvalue weighted by Crippen LogP contribution is 2.27. The van der Waals surface area contributed by atoms with Crippen LogP contribution in [0, 0.1) is 5.92 Å². The largest absolute Gasteiger partial charge is 0.444 e. The Hall–Kier alpha value is -3.67. The zero-order valence-electron chi connectivity index (χ0n) is 26.4. The molecule has 2 aromatic rings. The number of imidazole rings is 1. The first kappa shape index (κ1) is 31.7. The molecule has 0 radical (unpaired) electrons. The monoisotopic (exact) mass is 610 g/mol. The summed E-state index contributed by atoms with van der Waals surface area (Å²) in [7, 11) is 1.70. The molecule has 3 aliphatic rings. The van der Waals surface area contributed by atoms with Crippen LogP contribution in [0.4, 0.5) is 4.79 Å². The Morgan fingerprint density at radius 3 is 2.45 bits per heavy atom. The molecule has 2 N–H and O–H groups in total. The first-order valence-electron chi connectivity index (χ1n) is 15.9. The van der Waals surface area contributed by atoms with Gasteiger partial charge in [-0.2, -0.15) is 0 Å². The molecular formula is C32H46N6O6. The zero-order chi connectivity index (χ0) is 31.6. The van der Waals surface area contributed by atoms with Crippen LogP contribution in [-0.4, -0.2) is 87.1 Å². The van der Waals surface area contributed by atoms with Gasteiger partial charge in [0.1, 0.15) is 11.6 Å². The highest BCUT2D eigenvalue weighted by Gasteiger charge is 2.32. The van der Waals surface area contributed by atoms with E-state index >= 15 is 0 Å². The second-order valence-electron chi connectivity index (χ2n) is 13.6. The third kappa shape index (κ3) is 7.51. The third-order valence-corrected chi connectivity index (χ3v) is 9.06. The van der Waals surface area contributed by atoms with Crippen LogP contribution >= 0.6 is 0 Å². The smallest absolute Gasteiger partial charge is 0.407 e. The summed E-state index contributed by atoms with van der Waals surface area (Å²) >= 11 is 0. The van der Waals surface area contributed by atoms with Crippen LogP contribution in [0.3, 0.4) is 0 Å². The van der Waals surface area contributed by atoms with Crippen molar-refractivity contribution in [2.45, 2.75) is 89.8 Å². The number of imide groups is 1. The number of aryl methyl sites for hydroxylation is 2. The standard InChI is InChI=1S/C32H46N6O6/c1-32(2,3)44-30(42)33-23-10-7-22(8-11-23)19-37-17-16-36(20-28(37)40)15-5-6-21-9-12-24-26(18-21)35(4)31(43)38(24)25-13-14-27(39)34-29(25)41/h9,12,18,22-23,25H,5-8,10-11,13-17,19-20H2,1-4H3,(H,33,42)(H,34,39,41). The van der Waals surface area contributed by atoms with Gasteiger partial charge in [-0.3, -0.25) is 33.7 Å². The van der Waals surface area contributed by atoms with E-state index in [0.29, 0.717) is 24.4 Å². The number of aromatic nitrogens is 2. The summed E-state index contributed by atoms with van der Waals surface area (Å²) < 4.78 is 8.44. The van der Waals surface area contributed by atoms with Crippen molar-refractivity contribution < 1.29 is 23.9 Å². The molecule has 240 valence electrons. The second-order valence-corrected chi connectivity index (χ2v) is 13.6. The van der Waals surface area contributed by atoms with Gasteiger partial charge in [0.25, 0.3) is 0 Å². The van der Waals surface area contributed by atoms with Crippen LogP contribution in [0.15, 0.2) is 23.0 Å². The van der Waals surface area contributed by atoms with Crippen molar-refractivity contribution in [2.75, 3.05) is 32.7 Å². The molecule has 0 spiro atoms. The molecule has 44 heavy (non-hydrogen) atoms. The molecule has 12 nitrogen and oxygen atoms in total. The minimum absolute atomic E-state index is 0.129. The molecule has 1 aromatic heterocycles. The summed E-state index contributed by atoms with van der Waals surface area (Å²) in [5.74, 6) is -0.109. The van der Waals surface area contributed by atoms with Crippen molar-refractivity contribution in [3.63, 3.8) is 0 Å². The minimum Gasteiger partial charge on any atom is -0.444 e. The minimum atomic E-state index is -0.692. The number of hydrogen-bond donors (Lipinski definition) is 2. The van der Waals surface area contributed by atoms with Crippen molar-refractivity contribution in [1.82, 2.24) is 29.6 Å². The van der Waals surface area contributed by atoms with E-state index in [0.717, 1.165) is 75.8 Å². The van der Waals surface area contributed by atoms with Crippen LogP contribution in [0.25, 0.3) is 11.0 Å². The molecule has 5 rings (SSSR count). The van der Waals surface area contributed by atoms with Gasteiger partial charge in [0.2, 0.25) is 17.7 Å². The van der Waals surface area contributed by atoms with Gasteiger partial charge in [0, 0.05) is 39.1 Å². The van der Waals surface area contributed by atoms with E-state index in [2.05, 4.69) is 15.5 Å². The van der Waals surface area contributed by atoms with Gasteiger partial charge >= 0.3 is 11.8 Å². The summed E-state index contributed by atoms with van der Waals surface area (Å²) in [6.07, 6.45) is 5.64. The van der Waals surface area contributed by atoms with Crippen molar-refractivity contribution in [3.05, 3.63) is 34.2 Å². The number of fused-ring (bicyclic) bond motifs is 1. The molecule has 1 aromatic carbocycles. The number of ether oxygens (including phenoxy) is 1. The molecular weight excluding hydrogens is 564 g/mol. The molecule has 1 unspecified atom stereocenters. The summed E-state index contributed by atoms with van der Waals surface area (Å²) in [4.78, 5) is 66.3. The highest BCUT2D eigenvalue weighted by molar-refractivity contribution is 6.00. The molecule has 2 aliphatic heterocycles. The second kappa shape index (κ2) is 13.1. The van der Waals surface area contributed by atoms with Gasteiger partial charge in [-0.05, 0) is 95.9 Å². The molecule has 1 atom stereocenters. The van der Waals surface area contributed by atoms with Crippen molar-refractivity contribution in [1.29, 1.82) is 0 Å². The number of piperidine rings is 1. The van der Waals surface area contributed by atoms with E-state index in [4.69, 9.17) is 4.74 Å². The SMILES string of the molecule is Cn1c(=O)n(C2CCC(=O)NC2=O)c2ccc(CCCN3CCN(CC4CCC(NC(=O)OC(C)(C)C)CC4)C(=O)C3)cc21. The fraction of sp³-hybridized carbons (Fsp3) is 0.656. The van der Waals surface area contributed by atoms with Crippen molar-refractivity contribution in [2.24, 2.45) is 13.0 Å². The maximum Gasteiger partial charge on any atom is 0.407 e. The van der Waals surface area contributed by atoms with E-state index in [1.807, 2.05) is 43.9 Å². The Kier molecular flexibility index (Phi) is 9.48. The van der Waals surface area contributed by atoms with Crippen LogP contribution in [-0.2, 0) is 32.6 Å². The van der Waals surface area contributed by atoms with Crippen molar-refractivity contribution >= 4 is 34.8 Å². The van der Waals surface area contributed by atoms with Crippen molar-refractivity contribution in [3.8, 4) is 0 Å². The van der Waals surface area contributed by atoms with Gasteiger partial charge in [-0.15, -0.1) is 0 Å². The van der Waals surface area contributed by atoms with Gasteiger partial charge < -0.3 is 15.0 Å². The molecule has 0 bridgehead atoms. The van der Waals surface area contributed by atoms with E-state index < -0.39 is 17.6 Å². The number of piperazine rings is 1. The van der Waals surface area contributed by atoms with Crippen LogP contribution in [0.1, 0.15) is 77.3 Å². The van der Waals surface area contributed by atoms with Gasteiger partial charge in [0.05, 0.1) is 17.6 Å². The van der Waals surface area contributed by atoms with Crippen LogP contribution in [0.2, 0.25) is 0 Å². The molecule has 1 saturated carbocycles. The zero-order valence-corrected chi connectivity index (χ0v) is 26.4.